The highest BCUT2D eigenvalue weighted by molar-refractivity contribution is 6.35. The van der Waals surface area contributed by atoms with E-state index in [4.69, 9.17) is 39.5 Å². The van der Waals surface area contributed by atoms with Gasteiger partial charge in [-0.05, 0) is 49.4 Å². The molecule has 0 fully saturated rings. The van der Waals surface area contributed by atoms with Gasteiger partial charge in [0.2, 0.25) is 0 Å². The van der Waals surface area contributed by atoms with Gasteiger partial charge >= 0.3 is 0 Å². The molecule has 0 saturated heterocycles. The summed E-state index contributed by atoms with van der Waals surface area (Å²) in [5.41, 5.74) is 4.93. The van der Waals surface area contributed by atoms with Crippen LogP contribution in [-0.4, -0.2) is 17.9 Å². The maximum Gasteiger partial charge on any atom is 0.279 e. The van der Waals surface area contributed by atoms with Crippen molar-refractivity contribution in [3.05, 3.63) is 63.1 Å². The Morgan fingerprint density at radius 1 is 0.958 bits per heavy atom. The molecule has 2 N–H and O–H groups in total. The molecule has 2 rings (SSSR count). The van der Waals surface area contributed by atoms with Gasteiger partial charge in [-0.15, -0.1) is 0 Å². The molecule has 0 unspecified atom stereocenters. The lowest BCUT2D eigenvalue weighted by atomic mass is 10.2. The first-order chi connectivity index (χ1) is 11.4. The predicted molar refractivity (Wildman–Crippen MR) is 93.6 cm³/mol. The van der Waals surface area contributed by atoms with Crippen LogP contribution in [0.15, 0.2) is 42.5 Å². The van der Waals surface area contributed by atoms with E-state index in [1.807, 2.05) is 0 Å². The molecule has 2 aromatic carbocycles. The molecule has 0 aliphatic rings. The summed E-state index contributed by atoms with van der Waals surface area (Å²) >= 11 is 17.5. The second kappa shape index (κ2) is 8.24. The van der Waals surface area contributed by atoms with Crippen LogP contribution in [0.4, 0.5) is 0 Å². The minimum atomic E-state index is -0.880. The summed E-state index contributed by atoms with van der Waals surface area (Å²) in [6, 6.07) is 10.9. The highest BCUT2D eigenvalue weighted by Gasteiger charge is 2.17. The number of hydrogen-bond acceptors (Lipinski definition) is 3. The first-order valence-corrected chi connectivity index (χ1v) is 7.97. The first-order valence-electron chi connectivity index (χ1n) is 6.84. The minimum absolute atomic E-state index is 0.285. The number of carbonyl (C=O) groups excluding carboxylic acids is 2. The van der Waals surface area contributed by atoms with Gasteiger partial charge in [0.25, 0.3) is 11.8 Å². The highest BCUT2D eigenvalue weighted by atomic mass is 35.5. The number of ether oxygens (including phenoxy) is 1. The Morgan fingerprint density at radius 3 is 2.21 bits per heavy atom. The van der Waals surface area contributed by atoms with Crippen LogP contribution >= 0.6 is 34.8 Å². The van der Waals surface area contributed by atoms with Crippen LogP contribution in [0.5, 0.6) is 5.75 Å². The van der Waals surface area contributed by atoms with Crippen molar-refractivity contribution in [3.8, 4) is 5.75 Å². The zero-order chi connectivity index (χ0) is 17.7. The van der Waals surface area contributed by atoms with Crippen molar-refractivity contribution in [2.24, 2.45) is 0 Å². The fourth-order valence-electron chi connectivity index (χ4n) is 1.71. The molecule has 5 nitrogen and oxygen atoms in total. The van der Waals surface area contributed by atoms with Crippen LogP contribution in [0.3, 0.4) is 0 Å². The summed E-state index contributed by atoms with van der Waals surface area (Å²) in [4.78, 5) is 23.9. The van der Waals surface area contributed by atoms with Crippen molar-refractivity contribution in [1.29, 1.82) is 0 Å². The third-order valence-corrected chi connectivity index (χ3v) is 3.75. The normalized spacial score (nSPS) is 11.5. The average molecular weight is 388 g/mol. The number of rotatable bonds is 4. The molecule has 126 valence electrons. The lowest BCUT2D eigenvalue weighted by Gasteiger charge is -2.16. The lowest BCUT2D eigenvalue weighted by Crippen LogP contribution is -2.47. The summed E-state index contributed by atoms with van der Waals surface area (Å²) < 4.78 is 5.44. The van der Waals surface area contributed by atoms with Crippen LogP contribution < -0.4 is 15.6 Å². The molecule has 0 saturated carbocycles. The van der Waals surface area contributed by atoms with Crippen LogP contribution in [0.2, 0.25) is 15.1 Å². The smallest absolute Gasteiger partial charge is 0.279 e. The topological polar surface area (TPSA) is 67.4 Å². The van der Waals surface area contributed by atoms with Gasteiger partial charge < -0.3 is 4.74 Å². The van der Waals surface area contributed by atoms with Gasteiger partial charge in [0, 0.05) is 15.6 Å². The van der Waals surface area contributed by atoms with Crippen molar-refractivity contribution in [2.45, 2.75) is 13.0 Å². The summed E-state index contributed by atoms with van der Waals surface area (Å²) in [6.07, 6.45) is -0.880. The molecule has 24 heavy (non-hydrogen) atoms. The Morgan fingerprint density at radius 2 is 1.58 bits per heavy atom. The molecule has 2 amide bonds. The third-order valence-electron chi connectivity index (χ3n) is 2.97. The SMILES string of the molecule is C[C@H](Oc1ccc(Cl)cc1Cl)C(=O)NNC(=O)c1ccc(Cl)cc1. The first kappa shape index (κ1) is 18.4. The molecule has 1 atom stereocenters. The Balaban J connectivity index is 1.89. The fraction of sp³-hybridized carbons (Fsp3) is 0.125. The third kappa shape index (κ3) is 5.03. The number of halogens is 3. The van der Waals surface area contributed by atoms with E-state index in [0.29, 0.717) is 21.4 Å². The molecule has 0 bridgehead atoms. The lowest BCUT2D eigenvalue weighted by molar-refractivity contribution is -0.128. The Bertz CT molecular complexity index is 751. The molecule has 0 aliphatic heterocycles. The van der Waals surface area contributed by atoms with Crippen molar-refractivity contribution in [3.63, 3.8) is 0 Å². The van der Waals surface area contributed by atoms with Crippen LogP contribution in [0.25, 0.3) is 0 Å². The van der Waals surface area contributed by atoms with E-state index in [2.05, 4.69) is 10.9 Å². The molecule has 2 aromatic rings. The number of nitrogens with one attached hydrogen (secondary N) is 2. The summed E-state index contributed by atoms with van der Waals surface area (Å²) in [6.45, 7) is 1.52. The molecule has 0 aromatic heterocycles. The summed E-state index contributed by atoms with van der Waals surface area (Å²) in [7, 11) is 0. The molecular formula is C16H13Cl3N2O3. The zero-order valence-electron chi connectivity index (χ0n) is 12.5. The second-order valence-electron chi connectivity index (χ2n) is 4.79. The maximum absolute atomic E-state index is 12.0. The van der Waals surface area contributed by atoms with E-state index in [-0.39, 0.29) is 5.02 Å². The van der Waals surface area contributed by atoms with Crippen LogP contribution in [0, 0.1) is 0 Å². The van der Waals surface area contributed by atoms with Gasteiger partial charge in [-0.2, -0.15) is 0 Å². The largest absolute Gasteiger partial charge is 0.479 e. The molecule has 0 aliphatic carbocycles. The second-order valence-corrected chi connectivity index (χ2v) is 6.07. The molecule has 8 heteroatoms. The van der Waals surface area contributed by atoms with E-state index in [1.165, 1.54) is 25.1 Å². The summed E-state index contributed by atoms with van der Waals surface area (Å²) in [5.74, 6) is -0.701. The molecule has 0 heterocycles. The average Bonchev–Trinajstić information content (AvgIpc) is 2.55. The minimum Gasteiger partial charge on any atom is -0.479 e. The van der Waals surface area contributed by atoms with E-state index >= 15 is 0 Å². The van der Waals surface area contributed by atoms with E-state index in [9.17, 15) is 9.59 Å². The highest BCUT2D eigenvalue weighted by Crippen LogP contribution is 2.28. The Hall–Kier alpha value is -1.95. The number of hydrazine groups is 1. The summed E-state index contributed by atoms with van der Waals surface area (Å²) in [5, 5.41) is 1.25. The van der Waals surface area contributed by atoms with Crippen LogP contribution in [0.1, 0.15) is 17.3 Å². The van der Waals surface area contributed by atoms with E-state index in [0.717, 1.165) is 0 Å². The number of carbonyl (C=O) groups is 2. The van der Waals surface area contributed by atoms with Crippen LogP contribution in [-0.2, 0) is 4.79 Å². The molecule has 0 spiro atoms. The van der Waals surface area contributed by atoms with E-state index in [1.54, 1.807) is 24.3 Å². The standard InChI is InChI=1S/C16H13Cl3N2O3/c1-9(24-14-7-6-12(18)8-13(14)19)15(22)20-21-16(23)10-2-4-11(17)5-3-10/h2-9H,1H3,(H,20,22)(H,21,23)/t9-/m0/s1. The Kier molecular flexibility index (Phi) is 6.31. The van der Waals surface area contributed by atoms with Crippen molar-refractivity contribution in [2.75, 3.05) is 0 Å². The molecule has 0 radical (unpaired) electrons. The quantitative estimate of drug-likeness (QED) is 0.783. The van der Waals surface area contributed by atoms with Gasteiger partial charge in [-0.3, -0.25) is 20.4 Å². The monoisotopic (exact) mass is 386 g/mol. The molecular weight excluding hydrogens is 375 g/mol. The van der Waals surface area contributed by atoms with Gasteiger partial charge in [-0.1, -0.05) is 34.8 Å². The zero-order valence-corrected chi connectivity index (χ0v) is 14.7. The predicted octanol–water partition coefficient (Wildman–Crippen LogP) is 3.88. The van der Waals surface area contributed by atoms with E-state index < -0.39 is 17.9 Å². The van der Waals surface area contributed by atoms with Crippen molar-refractivity contribution in [1.82, 2.24) is 10.9 Å². The van der Waals surface area contributed by atoms with Gasteiger partial charge in [-0.25, -0.2) is 0 Å². The number of benzene rings is 2. The van der Waals surface area contributed by atoms with Crippen molar-refractivity contribution >= 4 is 46.6 Å². The fourth-order valence-corrected chi connectivity index (χ4v) is 2.29. The van der Waals surface area contributed by atoms with Crippen molar-refractivity contribution < 1.29 is 14.3 Å². The Labute approximate surface area is 153 Å². The number of amides is 2. The van der Waals surface area contributed by atoms with Gasteiger partial charge in [0.15, 0.2) is 6.10 Å². The number of hydrogen-bond donors (Lipinski definition) is 2. The van der Waals surface area contributed by atoms with Gasteiger partial charge in [0.1, 0.15) is 5.75 Å². The van der Waals surface area contributed by atoms with Gasteiger partial charge in [0.05, 0.1) is 5.02 Å². The maximum atomic E-state index is 12.0.